The van der Waals surface area contributed by atoms with Gasteiger partial charge in [-0.05, 0) is 61.3 Å². The number of nitrogens with zero attached hydrogens (tertiary/aromatic N) is 2. The molecule has 2 aliphatic heterocycles. The Morgan fingerprint density at radius 1 is 1.17 bits per heavy atom. The Labute approximate surface area is 210 Å². The van der Waals surface area contributed by atoms with E-state index < -0.39 is 0 Å². The number of likely N-dealkylation sites (tertiary alicyclic amines) is 1. The third-order valence-corrected chi connectivity index (χ3v) is 8.27. The fourth-order valence-corrected chi connectivity index (χ4v) is 6.30. The normalized spacial score (nSPS) is 23.1. The average molecular weight is 471 g/mol. The quantitative estimate of drug-likeness (QED) is 0.325. The second-order valence-electron chi connectivity index (χ2n) is 10.5. The summed E-state index contributed by atoms with van der Waals surface area (Å²) in [6, 6.07) is 16.1. The van der Waals surface area contributed by atoms with Crippen molar-refractivity contribution in [3.8, 4) is 5.75 Å². The Hall–Kier alpha value is -2.85. The van der Waals surface area contributed by atoms with E-state index in [9.17, 15) is 4.79 Å². The summed E-state index contributed by atoms with van der Waals surface area (Å²) in [4.78, 5) is 15.8. The topological polar surface area (TPSA) is 32.8 Å². The molecule has 2 aromatic carbocycles. The zero-order valence-corrected chi connectivity index (χ0v) is 21.0. The smallest absolute Gasteiger partial charge is 0.124 e. The Morgan fingerprint density at radius 2 is 2.00 bits per heavy atom. The number of carbonyl (C=O) groups excluding carboxylic acids is 1. The number of fused-ring (bicyclic) bond motifs is 1. The highest BCUT2D eigenvalue weighted by Crippen LogP contribution is 2.38. The molecule has 4 heteroatoms. The van der Waals surface area contributed by atoms with Crippen molar-refractivity contribution in [1.82, 2.24) is 9.80 Å². The van der Waals surface area contributed by atoms with Gasteiger partial charge in [0.15, 0.2) is 0 Å². The molecule has 184 valence electrons. The first-order chi connectivity index (χ1) is 17.1. The van der Waals surface area contributed by atoms with Gasteiger partial charge in [-0.2, -0.15) is 0 Å². The lowest BCUT2D eigenvalue weighted by atomic mass is 9.90. The molecule has 0 spiro atoms. The van der Waals surface area contributed by atoms with Crippen molar-refractivity contribution >= 4 is 12.0 Å². The molecule has 3 atom stereocenters. The molecule has 5 rings (SSSR count). The molecule has 1 saturated heterocycles. The maximum absolute atomic E-state index is 10.9. The van der Waals surface area contributed by atoms with Crippen molar-refractivity contribution in [1.29, 1.82) is 0 Å². The van der Waals surface area contributed by atoms with Gasteiger partial charge in [0.25, 0.3) is 0 Å². The van der Waals surface area contributed by atoms with E-state index >= 15 is 0 Å². The fourth-order valence-electron chi connectivity index (χ4n) is 6.30. The van der Waals surface area contributed by atoms with Gasteiger partial charge < -0.3 is 14.4 Å². The van der Waals surface area contributed by atoms with E-state index in [0.29, 0.717) is 24.5 Å². The van der Waals surface area contributed by atoms with Crippen LogP contribution in [0.15, 0.2) is 61.7 Å². The highest BCUT2D eigenvalue weighted by Gasteiger charge is 2.40. The number of aldehydes is 1. The minimum atomic E-state index is 0.156. The van der Waals surface area contributed by atoms with Crippen LogP contribution in [-0.4, -0.2) is 47.4 Å². The molecule has 3 unspecified atom stereocenters. The summed E-state index contributed by atoms with van der Waals surface area (Å²) < 4.78 is 6.27. The molecule has 1 saturated carbocycles. The number of rotatable bonds is 10. The summed E-state index contributed by atoms with van der Waals surface area (Å²) in [7, 11) is 0. The van der Waals surface area contributed by atoms with Gasteiger partial charge >= 0.3 is 0 Å². The first kappa shape index (κ1) is 23.9. The first-order valence-electron chi connectivity index (χ1n) is 13.2. The van der Waals surface area contributed by atoms with Gasteiger partial charge in [0, 0.05) is 49.4 Å². The monoisotopic (exact) mass is 470 g/mol. The molecule has 0 N–H and O–H groups in total. The highest BCUT2D eigenvalue weighted by molar-refractivity contribution is 5.70. The lowest BCUT2D eigenvalue weighted by molar-refractivity contribution is -0.108. The van der Waals surface area contributed by atoms with Crippen LogP contribution in [0.4, 0.5) is 0 Å². The lowest BCUT2D eigenvalue weighted by Crippen LogP contribution is -2.58. The first-order valence-corrected chi connectivity index (χ1v) is 13.2. The predicted molar refractivity (Wildman–Crippen MR) is 142 cm³/mol. The third-order valence-electron chi connectivity index (χ3n) is 8.27. The minimum absolute atomic E-state index is 0.156. The third kappa shape index (κ3) is 4.95. The standard InChI is InChI=1S/C31H38N2O2/c1-4-27(11-8-16-34)33-19-26-18-24(14-15-29(26)23(33)3)17-25-10-7-12-30(25)32-20-28(21-32)35-31-13-6-5-9-22(31)2/h4-6,9,13-16,18,25,27-28,30H,1,3,7-8,10-12,17,19-21H2,2H3. The zero-order chi connectivity index (χ0) is 24.4. The van der Waals surface area contributed by atoms with Crippen LogP contribution in [0.2, 0.25) is 0 Å². The van der Waals surface area contributed by atoms with Gasteiger partial charge in [0.2, 0.25) is 0 Å². The van der Waals surface area contributed by atoms with Crippen LogP contribution in [0, 0.1) is 12.8 Å². The van der Waals surface area contributed by atoms with E-state index in [4.69, 9.17) is 4.74 Å². The van der Waals surface area contributed by atoms with Crippen molar-refractivity contribution in [2.24, 2.45) is 5.92 Å². The molecular weight excluding hydrogens is 432 g/mol. The van der Waals surface area contributed by atoms with Gasteiger partial charge in [-0.3, -0.25) is 4.90 Å². The molecule has 2 heterocycles. The van der Waals surface area contributed by atoms with Crippen molar-refractivity contribution in [3.05, 3.63) is 84.0 Å². The number of carbonyl (C=O) groups is 1. The number of ether oxygens (including phenoxy) is 1. The molecule has 1 aliphatic carbocycles. The molecule has 2 fully saturated rings. The second-order valence-corrected chi connectivity index (χ2v) is 10.5. The van der Waals surface area contributed by atoms with Gasteiger partial charge in [0.05, 0.1) is 0 Å². The van der Waals surface area contributed by atoms with Gasteiger partial charge in [-0.15, -0.1) is 6.58 Å². The predicted octanol–water partition coefficient (Wildman–Crippen LogP) is 5.79. The molecule has 2 aromatic rings. The lowest BCUT2D eigenvalue weighted by Gasteiger charge is -2.45. The summed E-state index contributed by atoms with van der Waals surface area (Å²) in [5, 5.41) is 0. The maximum atomic E-state index is 10.9. The zero-order valence-electron chi connectivity index (χ0n) is 21.0. The van der Waals surface area contributed by atoms with Gasteiger partial charge in [-0.1, -0.05) is 55.5 Å². The van der Waals surface area contributed by atoms with Crippen LogP contribution in [0.5, 0.6) is 5.75 Å². The second kappa shape index (κ2) is 10.4. The minimum Gasteiger partial charge on any atom is -0.487 e. The Balaban J connectivity index is 1.19. The molecule has 0 bridgehead atoms. The summed E-state index contributed by atoms with van der Waals surface area (Å²) >= 11 is 0. The summed E-state index contributed by atoms with van der Waals surface area (Å²) in [5.74, 6) is 1.74. The molecule has 4 nitrogen and oxygen atoms in total. The largest absolute Gasteiger partial charge is 0.487 e. The number of hydrogen-bond donors (Lipinski definition) is 0. The highest BCUT2D eigenvalue weighted by atomic mass is 16.5. The van der Waals surface area contributed by atoms with Gasteiger partial charge in [0.1, 0.15) is 18.1 Å². The molecule has 0 radical (unpaired) electrons. The maximum Gasteiger partial charge on any atom is 0.124 e. The van der Waals surface area contributed by atoms with Crippen LogP contribution in [0.1, 0.15) is 54.4 Å². The number of aryl methyl sites for hydroxylation is 1. The van der Waals surface area contributed by atoms with Crippen LogP contribution in [0.3, 0.4) is 0 Å². The van der Waals surface area contributed by atoms with E-state index in [0.717, 1.165) is 50.2 Å². The summed E-state index contributed by atoms with van der Waals surface area (Å²) in [6.07, 6.45) is 9.68. The van der Waals surface area contributed by atoms with Crippen LogP contribution < -0.4 is 4.74 Å². The SMILES string of the molecule is C=CC(CCC=O)N1Cc2cc(CC3CCCC3N3CC(Oc4ccccc4C)C3)ccc2C1=C. The van der Waals surface area contributed by atoms with E-state index in [-0.39, 0.29) is 6.04 Å². The number of hydrogen-bond acceptors (Lipinski definition) is 4. The fraction of sp³-hybridized carbons (Fsp3) is 0.452. The summed E-state index contributed by atoms with van der Waals surface area (Å²) in [5.41, 5.74) is 6.31. The average Bonchev–Trinajstić information content (AvgIpc) is 3.42. The Bertz CT molecular complexity index is 1090. The van der Waals surface area contributed by atoms with Crippen LogP contribution in [-0.2, 0) is 17.8 Å². The molecule has 3 aliphatic rings. The molecule has 0 aromatic heterocycles. The molecule has 0 amide bonds. The summed E-state index contributed by atoms with van der Waals surface area (Å²) in [6.45, 7) is 13.4. The molecule has 35 heavy (non-hydrogen) atoms. The number of para-hydroxylation sites is 1. The number of benzene rings is 2. The van der Waals surface area contributed by atoms with Crippen LogP contribution >= 0.6 is 0 Å². The van der Waals surface area contributed by atoms with Gasteiger partial charge in [-0.25, -0.2) is 0 Å². The van der Waals surface area contributed by atoms with Crippen LogP contribution in [0.25, 0.3) is 5.70 Å². The van der Waals surface area contributed by atoms with Crippen molar-refractivity contribution in [3.63, 3.8) is 0 Å². The molecular formula is C31H38N2O2. The van der Waals surface area contributed by atoms with E-state index in [1.807, 2.05) is 6.08 Å². The van der Waals surface area contributed by atoms with E-state index in [1.54, 1.807) is 0 Å². The van der Waals surface area contributed by atoms with E-state index in [1.165, 1.54) is 41.5 Å². The Kier molecular flexibility index (Phi) is 7.10. The van der Waals surface area contributed by atoms with Crippen molar-refractivity contribution in [2.45, 2.75) is 70.2 Å². The Morgan fingerprint density at radius 3 is 2.77 bits per heavy atom. The van der Waals surface area contributed by atoms with E-state index in [2.05, 4.69) is 72.3 Å². The van der Waals surface area contributed by atoms with Crippen molar-refractivity contribution in [2.75, 3.05) is 13.1 Å². The van der Waals surface area contributed by atoms with Crippen molar-refractivity contribution < 1.29 is 9.53 Å².